The summed E-state index contributed by atoms with van der Waals surface area (Å²) in [6.07, 6.45) is 1.94. The van der Waals surface area contributed by atoms with Crippen molar-refractivity contribution in [3.8, 4) is 6.07 Å². The molecular formula is C11H15N3O3S2. The summed E-state index contributed by atoms with van der Waals surface area (Å²) in [5, 5.41) is 9.58. The van der Waals surface area contributed by atoms with Gasteiger partial charge in [-0.25, -0.2) is 8.42 Å². The summed E-state index contributed by atoms with van der Waals surface area (Å²) in [6, 6.07) is 1.95. The highest BCUT2D eigenvalue weighted by atomic mass is 32.2. The van der Waals surface area contributed by atoms with Crippen LogP contribution >= 0.6 is 11.3 Å². The molecular weight excluding hydrogens is 286 g/mol. The summed E-state index contributed by atoms with van der Waals surface area (Å²) in [5.41, 5.74) is 5.86. The van der Waals surface area contributed by atoms with Crippen molar-refractivity contribution in [3.05, 3.63) is 4.88 Å². The predicted octanol–water partition coefficient (Wildman–Crippen LogP) is 0.832. The molecule has 2 N–H and O–H groups in total. The fourth-order valence-corrected chi connectivity index (χ4v) is 4.57. The third-order valence-electron chi connectivity index (χ3n) is 2.86. The van der Waals surface area contributed by atoms with E-state index in [9.17, 15) is 8.42 Å². The smallest absolute Gasteiger partial charge is 0.180 e. The van der Waals surface area contributed by atoms with Crippen molar-refractivity contribution < 1.29 is 13.2 Å². The molecule has 19 heavy (non-hydrogen) atoms. The average molecular weight is 301 g/mol. The minimum absolute atomic E-state index is 0.0650. The molecule has 6 nitrogen and oxygen atoms in total. The fraction of sp³-hybridized carbons (Fsp3) is 0.545. The van der Waals surface area contributed by atoms with E-state index in [2.05, 4.69) is 0 Å². The molecule has 8 heteroatoms. The van der Waals surface area contributed by atoms with E-state index in [1.165, 1.54) is 0 Å². The van der Waals surface area contributed by atoms with Crippen molar-refractivity contribution in [2.45, 2.75) is 11.3 Å². The Morgan fingerprint density at radius 1 is 1.42 bits per heavy atom. The molecule has 0 aromatic carbocycles. The minimum atomic E-state index is -3.46. The minimum Gasteiger partial charge on any atom is -0.396 e. The topological polar surface area (TPSA) is 96.4 Å². The molecule has 2 heterocycles. The lowest BCUT2D eigenvalue weighted by Gasteiger charge is -2.21. The zero-order chi connectivity index (χ0) is 14.0. The Labute approximate surface area is 116 Å². The van der Waals surface area contributed by atoms with Gasteiger partial charge in [0.2, 0.25) is 0 Å². The van der Waals surface area contributed by atoms with Gasteiger partial charge in [0.25, 0.3) is 0 Å². The van der Waals surface area contributed by atoms with Crippen molar-refractivity contribution in [2.75, 3.05) is 43.2 Å². The van der Waals surface area contributed by atoms with Gasteiger partial charge in [-0.3, -0.25) is 0 Å². The van der Waals surface area contributed by atoms with Gasteiger partial charge in [0.15, 0.2) is 9.84 Å². The van der Waals surface area contributed by atoms with Crippen molar-refractivity contribution in [2.24, 2.45) is 0 Å². The molecule has 0 aliphatic carbocycles. The lowest BCUT2D eigenvalue weighted by Crippen LogP contribution is -2.26. The Kier molecular flexibility index (Phi) is 3.99. The van der Waals surface area contributed by atoms with E-state index in [0.717, 1.165) is 24.0 Å². The van der Waals surface area contributed by atoms with Crippen LogP contribution in [0.5, 0.6) is 0 Å². The Hall–Kier alpha value is -1.30. The molecule has 0 unspecified atom stereocenters. The highest BCUT2D eigenvalue weighted by Crippen LogP contribution is 2.41. The Bertz CT molecular complexity index is 608. The van der Waals surface area contributed by atoms with Gasteiger partial charge in [-0.1, -0.05) is 0 Å². The lowest BCUT2D eigenvalue weighted by atomic mass is 10.3. The van der Waals surface area contributed by atoms with Gasteiger partial charge in [0, 0.05) is 26.0 Å². The Morgan fingerprint density at radius 2 is 2.16 bits per heavy atom. The van der Waals surface area contributed by atoms with Gasteiger partial charge in [0.1, 0.15) is 20.8 Å². The van der Waals surface area contributed by atoms with Crippen LogP contribution in [0.1, 0.15) is 11.3 Å². The standard InChI is InChI=1S/C11H15N3O3S2/c1-19(15,16)10-9(13)8(7-12)18-11(10)14-3-2-5-17-6-4-14/h2-6,13H2,1H3. The summed E-state index contributed by atoms with van der Waals surface area (Å²) >= 11 is 1.13. The molecule has 2 rings (SSSR count). The SMILES string of the molecule is CS(=O)(=O)c1c(N2CCCOCC2)sc(C#N)c1N. The predicted molar refractivity (Wildman–Crippen MR) is 74.2 cm³/mol. The lowest BCUT2D eigenvalue weighted by molar-refractivity contribution is 0.152. The number of nitrogens with zero attached hydrogens (tertiary/aromatic N) is 2. The van der Waals surface area contributed by atoms with Gasteiger partial charge in [-0.15, -0.1) is 11.3 Å². The largest absolute Gasteiger partial charge is 0.396 e. The molecule has 1 aliphatic heterocycles. The molecule has 1 aromatic rings. The van der Waals surface area contributed by atoms with Gasteiger partial charge in [0.05, 0.1) is 12.3 Å². The fourth-order valence-electron chi connectivity index (χ4n) is 2.02. The third kappa shape index (κ3) is 2.83. The second-order valence-corrected chi connectivity index (χ2v) is 7.27. The number of nitrogens with two attached hydrogens (primary N) is 1. The van der Waals surface area contributed by atoms with E-state index >= 15 is 0 Å². The van der Waals surface area contributed by atoms with Crippen molar-refractivity contribution in [3.63, 3.8) is 0 Å². The first-order valence-corrected chi connectivity index (χ1v) is 8.51. The average Bonchev–Trinajstić information content (AvgIpc) is 2.53. The second-order valence-electron chi connectivity index (χ2n) is 4.32. The van der Waals surface area contributed by atoms with Crippen LogP contribution in [0.3, 0.4) is 0 Å². The summed E-state index contributed by atoms with van der Waals surface area (Å²) in [7, 11) is -3.46. The van der Waals surface area contributed by atoms with Crippen LogP contribution in [0, 0.1) is 11.3 Å². The number of thiophene rings is 1. The Balaban J connectivity index is 2.53. The Morgan fingerprint density at radius 3 is 2.79 bits per heavy atom. The van der Waals surface area contributed by atoms with Crippen molar-refractivity contribution in [1.82, 2.24) is 0 Å². The second kappa shape index (κ2) is 5.36. The normalized spacial score (nSPS) is 16.9. The van der Waals surface area contributed by atoms with Crippen LogP contribution in [0.15, 0.2) is 4.90 Å². The molecule has 0 bridgehead atoms. The van der Waals surface area contributed by atoms with Gasteiger partial charge in [-0.2, -0.15) is 5.26 Å². The molecule has 0 spiro atoms. The van der Waals surface area contributed by atoms with E-state index in [0.29, 0.717) is 31.3 Å². The van der Waals surface area contributed by atoms with Gasteiger partial charge >= 0.3 is 0 Å². The number of hydrogen-bond donors (Lipinski definition) is 1. The maximum Gasteiger partial charge on any atom is 0.180 e. The van der Waals surface area contributed by atoms with Crippen LogP contribution in [0.25, 0.3) is 0 Å². The van der Waals surface area contributed by atoms with E-state index in [1.807, 2.05) is 11.0 Å². The van der Waals surface area contributed by atoms with Crippen LogP contribution in [0.2, 0.25) is 0 Å². The molecule has 0 saturated carbocycles. The third-order valence-corrected chi connectivity index (χ3v) is 5.32. The quantitative estimate of drug-likeness (QED) is 0.869. The molecule has 1 aliphatic rings. The zero-order valence-electron chi connectivity index (χ0n) is 10.5. The van der Waals surface area contributed by atoms with Crippen LogP contribution in [-0.2, 0) is 14.6 Å². The molecule has 1 saturated heterocycles. The van der Waals surface area contributed by atoms with Gasteiger partial charge in [-0.05, 0) is 6.42 Å². The first kappa shape index (κ1) is 14.1. The summed E-state index contributed by atoms with van der Waals surface area (Å²) in [5.74, 6) is 0. The van der Waals surface area contributed by atoms with Crippen molar-refractivity contribution in [1.29, 1.82) is 5.26 Å². The summed E-state index contributed by atoms with van der Waals surface area (Å²) in [4.78, 5) is 2.27. The van der Waals surface area contributed by atoms with Crippen molar-refractivity contribution >= 4 is 31.9 Å². The number of ether oxygens (including phenoxy) is 1. The summed E-state index contributed by atoms with van der Waals surface area (Å²) < 4.78 is 29.1. The van der Waals surface area contributed by atoms with Crippen LogP contribution in [0.4, 0.5) is 10.7 Å². The first-order chi connectivity index (χ1) is 8.95. The van der Waals surface area contributed by atoms with E-state index in [4.69, 9.17) is 15.7 Å². The molecule has 0 amide bonds. The number of nitrogen functional groups attached to an aromatic ring is 1. The van der Waals surface area contributed by atoms with E-state index in [1.54, 1.807) is 0 Å². The number of rotatable bonds is 2. The highest BCUT2D eigenvalue weighted by molar-refractivity contribution is 7.91. The number of sulfone groups is 1. The van der Waals surface area contributed by atoms with Gasteiger partial charge < -0.3 is 15.4 Å². The highest BCUT2D eigenvalue weighted by Gasteiger charge is 2.27. The molecule has 0 radical (unpaired) electrons. The molecule has 1 fully saturated rings. The van der Waals surface area contributed by atoms with Crippen LogP contribution < -0.4 is 10.6 Å². The summed E-state index contributed by atoms with van der Waals surface area (Å²) in [6.45, 7) is 2.51. The van der Waals surface area contributed by atoms with E-state index < -0.39 is 9.84 Å². The van der Waals surface area contributed by atoms with E-state index in [-0.39, 0.29) is 15.5 Å². The molecule has 0 atom stereocenters. The number of anilines is 2. The zero-order valence-corrected chi connectivity index (χ0v) is 12.2. The molecule has 1 aromatic heterocycles. The molecule has 104 valence electrons. The first-order valence-electron chi connectivity index (χ1n) is 5.80. The maximum absolute atomic E-state index is 11.9. The maximum atomic E-state index is 11.9. The monoisotopic (exact) mass is 301 g/mol. The number of nitriles is 1. The number of hydrogen-bond acceptors (Lipinski definition) is 7. The van der Waals surface area contributed by atoms with Crippen LogP contribution in [-0.4, -0.2) is 41.0 Å².